The first-order chi connectivity index (χ1) is 23.3. The highest BCUT2D eigenvalue weighted by Crippen LogP contribution is 2.33. The second-order valence-corrected chi connectivity index (χ2v) is 13.4. The van der Waals surface area contributed by atoms with Crippen LogP contribution in [0.5, 0.6) is 0 Å². The van der Waals surface area contributed by atoms with E-state index in [4.69, 9.17) is 5.11 Å². The summed E-state index contributed by atoms with van der Waals surface area (Å²) in [5.41, 5.74) is 2.99. The summed E-state index contributed by atoms with van der Waals surface area (Å²) < 4.78 is 5.31. The van der Waals surface area contributed by atoms with Crippen LogP contribution in [-0.2, 0) is 9.59 Å². The Labute approximate surface area is 301 Å². The average Bonchev–Trinajstić information content (AvgIpc) is 3.66. The summed E-state index contributed by atoms with van der Waals surface area (Å²) in [6, 6.07) is 27.1. The minimum Gasteiger partial charge on any atom is -0.481 e. The predicted octanol–water partition coefficient (Wildman–Crippen LogP) is 7.72. The number of carboxylic acids is 1. The van der Waals surface area contributed by atoms with E-state index in [1.165, 1.54) is 11.8 Å². The highest BCUT2D eigenvalue weighted by atomic mass is 79.9. The number of aromatic nitrogens is 4. The molecule has 0 fully saturated rings. The van der Waals surface area contributed by atoms with Crippen molar-refractivity contribution in [2.45, 2.75) is 17.2 Å². The number of nitriles is 2. The minimum atomic E-state index is -0.898. The Morgan fingerprint density at radius 3 is 1.60 bits per heavy atom. The van der Waals surface area contributed by atoms with Gasteiger partial charge in [-0.3, -0.25) is 18.7 Å². The van der Waals surface area contributed by atoms with Crippen LogP contribution in [0.4, 0.5) is 0 Å². The van der Waals surface area contributed by atoms with Gasteiger partial charge in [-0.05, 0) is 63.0 Å². The van der Waals surface area contributed by atoms with Crippen molar-refractivity contribution in [3.05, 3.63) is 106 Å². The highest BCUT2D eigenvalue weighted by molar-refractivity contribution is 9.10. The van der Waals surface area contributed by atoms with Crippen LogP contribution in [0.1, 0.15) is 18.1 Å². The molecule has 0 saturated carbocycles. The van der Waals surface area contributed by atoms with Crippen molar-refractivity contribution in [1.82, 2.24) is 24.4 Å². The van der Waals surface area contributed by atoms with Crippen LogP contribution in [0.25, 0.3) is 32.9 Å². The molecule has 0 aliphatic heterocycles. The van der Waals surface area contributed by atoms with E-state index in [1.807, 2.05) is 82.8 Å². The number of nitrogens with one attached hydrogen (secondary N) is 1. The van der Waals surface area contributed by atoms with Crippen LogP contribution in [0, 0.1) is 22.7 Å². The maximum Gasteiger partial charge on any atom is 0.313 e. The Morgan fingerprint density at radius 2 is 1.19 bits per heavy atom. The van der Waals surface area contributed by atoms with Crippen molar-refractivity contribution in [2.75, 3.05) is 18.1 Å². The molecule has 2 N–H and O–H groups in total. The molecule has 6 aromatic rings. The van der Waals surface area contributed by atoms with E-state index >= 15 is 0 Å². The zero-order valence-corrected chi connectivity index (χ0v) is 30.0. The fraction of sp³-hybridized carbons (Fsp3) is 0.118. The lowest BCUT2D eigenvalue weighted by Crippen LogP contribution is -2.24. The first kappa shape index (κ1) is 34.7. The number of fused-ring (bicyclic) bond motifs is 2. The number of nitrogens with zero attached hydrogens (tertiary/aromatic N) is 6. The van der Waals surface area contributed by atoms with Gasteiger partial charge in [-0.2, -0.15) is 10.5 Å². The predicted molar refractivity (Wildman–Crippen MR) is 195 cm³/mol. The normalized spacial score (nSPS) is 10.6. The maximum atomic E-state index is 11.8. The third-order valence-electron chi connectivity index (χ3n) is 6.93. The molecule has 0 bridgehead atoms. The van der Waals surface area contributed by atoms with Crippen LogP contribution < -0.4 is 5.32 Å². The number of carbonyl (C=O) groups is 2. The Balaban J connectivity index is 0.000000188. The second kappa shape index (κ2) is 16.0. The largest absolute Gasteiger partial charge is 0.481 e. The van der Waals surface area contributed by atoms with Crippen molar-refractivity contribution in [3.63, 3.8) is 0 Å². The summed E-state index contributed by atoms with van der Waals surface area (Å²) in [7, 11) is 0. The van der Waals surface area contributed by atoms with Crippen LogP contribution in [0.15, 0.2) is 105 Å². The van der Waals surface area contributed by atoms with Crippen LogP contribution in [-0.4, -0.2) is 54.1 Å². The van der Waals surface area contributed by atoms with Gasteiger partial charge in [0.25, 0.3) is 0 Å². The number of benzene rings is 4. The fourth-order valence-electron chi connectivity index (χ4n) is 4.93. The lowest BCUT2D eigenvalue weighted by molar-refractivity contribution is -0.134. The third-order valence-corrected chi connectivity index (χ3v) is 9.94. The monoisotopic (exact) mass is 801 g/mol. The van der Waals surface area contributed by atoms with Crippen LogP contribution in [0.2, 0.25) is 0 Å². The van der Waals surface area contributed by atoms with Gasteiger partial charge < -0.3 is 10.4 Å². The number of hydrogen-bond acceptors (Lipinski definition) is 8. The Morgan fingerprint density at radius 1 is 0.750 bits per heavy atom. The number of amides is 1. The third kappa shape index (κ3) is 7.58. The summed E-state index contributed by atoms with van der Waals surface area (Å²) in [6.07, 6.45) is 3.35. The van der Waals surface area contributed by atoms with Crippen molar-refractivity contribution < 1.29 is 14.7 Å². The van der Waals surface area contributed by atoms with Gasteiger partial charge in [0.2, 0.25) is 5.91 Å². The molecule has 6 rings (SSSR count). The van der Waals surface area contributed by atoms with E-state index in [2.05, 4.69) is 59.3 Å². The highest BCUT2D eigenvalue weighted by Gasteiger charge is 2.17. The van der Waals surface area contributed by atoms with E-state index in [0.29, 0.717) is 33.7 Å². The van der Waals surface area contributed by atoms with E-state index in [9.17, 15) is 20.1 Å². The topological polar surface area (TPSA) is 150 Å². The molecule has 0 unspecified atom stereocenters. The zero-order chi connectivity index (χ0) is 34.2. The fourth-order valence-corrected chi connectivity index (χ4v) is 7.60. The SMILES string of the molecule is CCNC(=O)CSc1ncc(Br)n1-c1ccc(C#N)c2ccccc12.N#Cc1ccc(-n2c(Br)cnc2SCC(=O)O)c2ccccc12. The molecule has 0 saturated heterocycles. The molecule has 0 aliphatic rings. The Kier molecular flexibility index (Phi) is 11.6. The van der Waals surface area contributed by atoms with Gasteiger partial charge in [0.05, 0.1) is 58.5 Å². The van der Waals surface area contributed by atoms with E-state index in [-0.39, 0.29) is 11.7 Å². The van der Waals surface area contributed by atoms with Crippen molar-refractivity contribution >= 4 is 88.8 Å². The molecule has 2 aromatic heterocycles. The second-order valence-electron chi connectivity index (χ2n) is 9.90. The van der Waals surface area contributed by atoms with Crippen molar-refractivity contribution in [2.24, 2.45) is 0 Å². The van der Waals surface area contributed by atoms with Gasteiger partial charge in [-0.25, -0.2) is 9.97 Å². The summed E-state index contributed by atoms with van der Waals surface area (Å²) in [6.45, 7) is 2.50. The number of aliphatic carboxylic acids is 1. The smallest absolute Gasteiger partial charge is 0.313 e. The molecule has 1 amide bonds. The number of imidazole rings is 2. The molecule has 0 spiro atoms. The molecular weight excluding hydrogens is 778 g/mol. The minimum absolute atomic E-state index is 0.0251. The molecule has 2 heterocycles. The lowest BCUT2D eigenvalue weighted by Gasteiger charge is -2.13. The quantitative estimate of drug-likeness (QED) is 0.140. The number of carboxylic acid groups (broad SMARTS) is 1. The van der Waals surface area contributed by atoms with Gasteiger partial charge in [0, 0.05) is 28.1 Å². The molecular formula is C34H25Br2N7O3S2. The van der Waals surface area contributed by atoms with E-state index < -0.39 is 5.97 Å². The molecule has 10 nitrogen and oxygen atoms in total. The molecule has 240 valence electrons. The molecule has 48 heavy (non-hydrogen) atoms. The summed E-state index contributed by atoms with van der Waals surface area (Å²) in [5.74, 6) is -0.698. The summed E-state index contributed by atoms with van der Waals surface area (Å²) >= 11 is 9.51. The zero-order valence-electron chi connectivity index (χ0n) is 25.2. The molecule has 0 aliphatic carbocycles. The Bertz CT molecular complexity index is 2240. The van der Waals surface area contributed by atoms with Crippen molar-refractivity contribution in [3.8, 4) is 23.5 Å². The first-order valence-electron chi connectivity index (χ1n) is 14.3. The number of rotatable bonds is 9. The van der Waals surface area contributed by atoms with Gasteiger partial charge in [0.1, 0.15) is 9.21 Å². The van der Waals surface area contributed by atoms with Crippen molar-refractivity contribution in [1.29, 1.82) is 10.5 Å². The number of thioether (sulfide) groups is 2. The first-order valence-corrected chi connectivity index (χ1v) is 17.9. The summed E-state index contributed by atoms with van der Waals surface area (Å²) in [4.78, 5) is 31.2. The molecule has 0 radical (unpaired) electrons. The number of carbonyl (C=O) groups excluding carboxylic acids is 1. The maximum absolute atomic E-state index is 11.8. The molecule has 14 heteroatoms. The van der Waals surface area contributed by atoms with Gasteiger partial charge in [-0.1, -0.05) is 72.1 Å². The van der Waals surface area contributed by atoms with E-state index in [1.54, 1.807) is 18.5 Å². The molecule has 4 aromatic carbocycles. The Hall–Kier alpha value is -4.60. The van der Waals surface area contributed by atoms with Crippen LogP contribution >= 0.6 is 55.4 Å². The van der Waals surface area contributed by atoms with Crippen LogP contribution in [0.3, 0.4) is 0 Å². The lowest BCUT2D eigenvalue weighted by atomic mass is 10.0. The summed E-state index contributed by atoms with van der Waals surface area (Å²) in [5, 5.41) is 35.2. The van der Waals surface area contributed by atoms with Gasteiger partial charge in [-0.15, -0.1) is 0 Å². The van der Waals surface area contributed by atoms with Gasteiger partial charge >= 0.3 is 5.97 Å². The standard InChI is InChI=1S/C18H15BrN4OS.C16H10BrN3O2S/c1-2-21-17(24)11-25-18-22-10-16(19)23(18)15-8-7-12(9-20)13-5-3-4-6-14(13)15;17-14-8-19-16(23-9-15(21)22)20(14)13-6-5-10(7-18)11-3-1-2-4-12(11)13/h3-8,10H,2,11H2,1H3,(H,21,24);1-6,8H,9H2,(H,21,22). The number of hydrogen-bond donors (Lipinski definition) is 2. The number of halogens is 2. The molecule has 0 atom stereocenters. The van der Waals surface area contributed by atoms with Gasteiger partial charge in [0.15, 0.2) is 10.3 Å². The van der Waals surface area contributed by atoms with E-state index in [0.717, 1.165) is 53.9 Å². The average molecular weight is 804 g/mol.